The molecule has 0 heterocycles. The third kappa shape index (κ3) is 23.9. The van der Waals surface area contributed by atoms with Crippen LogP contribution in [0.15, 0.2) is 48.5 Å². The minimum atomic E-state index is -1.13. The molecule has 0 atom stereocenters. The maximum atomic E-state index is 11.3. The van der Waals surface area contributed by atoms with Crippen LogP contribution in [0.4, 0.5) is 21.0 Å². The van der Waals surface area contributed by atoms with Crippen molar-refractivity contribution in [3.8, 4) is 11.5 Å². The number of nitro groups is 2. The molecule has 0 unspecified atom stereocenters. The van der Waals surface area contributed by atoms with Gasteiger partial charge < -0.3 is 38.1 Å². The molecule has 46 heavy (non-hydrogen) atoms. The number of ketones is 2. The fraction of sp³-hybridized carbons (Fsp3) is 0.308. The molecule has 0 bridgehead atoms. The Morgan fingerprint density at radius 3 is 1.46 bits per heavy atom. The molecule has 20 heteroatoms. The molecule has 2 rings (SSSR count). The molecule has 0 aliphatic rings. The Kier molecular flexibility index (Phi) is 25.5. The molecule has 2 aromatic rings. The van der Waals surface area contributed by atoms with Crippen LogP contribution in [0.1, 0.15) is 39.5 Å². The quantitative estimate of drug-likeness (QED) is 0.0301. The van der Waals surface area contributed by atoms with E-state index in [2.05, 4.69) is 14.2 Å². The molecule has 0 spiro atoms. The van der Waals surface area contributed by atoms with Crippen LogP contribution in [0.5, 0.6) is 11.5 Å². The van der Waals surface area contributed by atoms with E-state index < -0.39 is 34.9 Å². The summed E-state index contributed by atoms with van der Waals surface area (Å²) in [4.78, 5) is 82.9. The van der Waals surface area contributed by atoms with Gasteiger partial charge in [-0.2, -0.15) is 0 Å². The predicted molar refractivity (Wildman–Crippen MR) is 156 cm³/mol. The van der Waals surface area contributed by atoms with Crippen LogP contribution in [-0.2, 0) is 57.7 Å². The van der Waals surface area contributed by atoms with Gasteiger partial charge in [0.15, 0.2) is 0 Å². The van der Waals surface area contributed by atoms with Gasteiger partial charge in [0.2, 0.25) is 6.79 Å². The normalized spacial score (nSPS) is 9.07. The van der Waals surface area contributed by atoms with Gasteiger partial charge in [-0.25, -0.2) is 9.59 Å². The second-order valence-corrected chi connectivity index (χ2v) is 8.41. The first-order valence-electron chi connectivity index (χ1n) is 12.1. The molecule has 2 aromatic carbocycles. The van der Waals surface area contributed by atoms with Gasteiger partial charge in [-0.05, 0) is 67.1 Å². The SMILES string of the molecule is CC(=O)CCC(=O)OCOC(=O)Oc1ccc([N+](=O)[O-])cc1.CC(=O)CC[C-]=O.O=C(OCI)Oc1ccc([N+](=O)[O-])cc1.[O]=[Ag]. The summed E-state index contributed by atoms with van der Waals surface area (Å²) in [6.07, 6.45) is 0.191. The summed E-state index contributed by atoms with van der Waals surface area (Å²) < 4.78 is 31.2. The number of esters is 1. The van der Waals surface area contributed by atoms with E-state index in [9.17, 15) is 49.0 Å². The van der Waals surface area contributed by atoms with Crippen LogP contribution in [0.3, 0.4) is 0 Å². The molecule has 255 valence electrons. The molecule has 0 radical (unpaired) electrons. The van der Waals surface area contributed by atoms with Gasteiger partial charge in [0.05, 0.1) is 16.3 Å². The standard InChI is InChI=1S/C13H13NO8.C8H6INO5.C5H7O2.Ag.O/c1-9(15)2-7-12(16)20-8-21-13(17)22-11-5-3-10(4-6-11)14(18)19;9-5-14-8(11)15-7-3-1-6(2-4-7)10(12)13;1-5(7)3-2-4-6;;/h3-6H,2,7-8H2,1H3;1-4H,5H2;2-3H2,1H3;;/q;;-1;;. The average Bonchev–Trinajstić information content (AvgIpc) is 3.01. The molecular formula is C26H26AgIN2O16-. The van der Waals surface area contributed by atoms with E-state index in [0.717, 1.165) is 12.1 Å². The number of Topliss-reactive ketones (excluding diaryl/α,β-unsaturated/α-hetero) is 2. The summed E-state index contributed by atoms with van der Waals surface area (Å²) in [6.45, 7) is 2.14. The van der Waals surface area contributed by atoms with Gasteiger partial charge >= 0.3 is 42.6 Å². The fourth-order valence-electron chi connectivity index (χ4n) is 2.29. The topological polar surface area (TPSA) is 252 Å². The Morgan fingerprint density at radius 2 is 1.13 bits per heavy atom. The van der Waals surface area contributed by atoms with Crippen LogP contribution in [0, 0.1) is 20.2 Å². The molecule has 18 nitrogen and oxygen atoms in total. The molecule has 0 aromatic heterocycles. The Balaban J connectivity index is 0. The number of hydrogen-bond acceptors (Lipinski definition) is 16. The number of rotatable bonds is 13. The number of alkyl halides is 1. The van der Waals surface area contributed by atoms with Gasteiger partial charge in [0.25, 0.3) is 11.4 Å². The second-order valence-electron chi connectivity index (χ2n) is 7.79. The molecule has 0 aliphatic carbocycles. The summed E-state index contributed by atoms with van der Waals surface area (Å²) in [6, 6.07) is 9.89. The number of carbonyl (C=O) groups is 5. The number of hydrogen-bond donors (Lipinski definition) is 0. The molecule has 0 aliphatic heterocycles. The third-order valence-electron chi connectivity index (χ3n) is 4.33. The van der Waals surface area contributed by atoms with Gasteiger partial charge in [-0.15, -0.1) is 6.42 Å². The van der Waals surface area contributed by atoms with Crippen molar-refractivity contribution in [3.05, 3.63) is 68.8 Å². The Bertz CT molecular complexity index is 1310. The molecule has 0 N–H and O–H groups in total. The van der Waals surface area contributed by atoms with Crippen LogP contribution in [0.2, 0.25) is 0 Å². The number of nitro benzene ring substituents is 2. The number of benzene rings is 2. The average molecular weight is 857 g/mol. The number of halogens is 1. The Hall–Kier alpha value is -4.47. The van der Waals surface area contributed by atoms with E-state index in [1.807, 2.05) is 22.6 Å². The van der Waals surface area contributed by atoms with Crippen LogP contribution < -0.4 is 9.47 Å². The molecule has 0 saturated heterocycles. The summed E-state index contributed by atoms with van der Waals surface area (Å²) in [5.74, 6) is -0.550. The van der Waals surface area contributed by atoms with Gasteiger partial charge in [-0.3, -0.25) is 31.3 Å². The van der Waals surface area contributed by atoms with E-state index in [1.165, 1.54) is 50.2 Å². The summed E-state index contributed by atoms with van der Waals surface area (Å²) in [5.41, 5.74) is -0.218. The zero-order chi connectivity index (χ0) is 35.5. The zero-order valence-corrected chi connectivity index (χ0v) is 27.6. The van der Waals surface area contributed by atoms with Crippen molar-refractivity contribution >= 4 is 70.1 Å². The third-order valence-corrected chi connectivity index (χ3v) is 4.64. The van der Waals surface area contributed by atoms with Gasteiger partial charge in [0.1, 0.15) is 27.7 Å². The van der Waals surface area contributed by atoms with Crippen molar-refractivity contribution in [2.24, 2.45) is 0 Å². The number of nitrogens with zero attached hydrogens (tertiary/aromatic N) is 2. The van der Waals surface area contributed by atoms with Crippen molar-refractivity contribution in [1.29, 1.82) is 0 Å². The predicted octanol–water partition coefficient (Wildman–Crippen LogP) is 4.83. The first-order chi connectivity index (χ1) is 21.8. The van der Waals surface area contributed by atoms with Crippen molar-refractivity contribution in [2.45, 2.75) is 39.5 Å². The summed E-state index contributed by atoms with van der Waals surface area (Å²) in [7, 11) is 0. The zero-order valence-electron chi connectivity index (χ0n) is 24.0. The first-order valence-corrected chi connectivity index (χ1v) is 14.3. The van der Waals surface area contributed by atoms with Crippen LogP contribution in [0.25, 0.3) is 0 Å². The number of ether oxygens (including phenoxy) is 5. The monoisotopic (exact) mass is 856 g/mol. The van der Waals surface area contributed by atoms with Crippen molar-refractivity contribution in [3.63, 3.8) is 0 Å². The van der Waals surface area contributed by atoms with E-state index in [4.69, 9.17) is 12.7 Å². The van der Waals surface area contributed by atoms with E-state index in [0.29, 0.717) is 6.42 Å². The molecule has 0 fully saturated rings. The van der Waals surface area contributed by atoms with Crippen LogP contribution >= 0.6 is 22.6 Å². The van der Waals surface area contributed by atoms with Crippen LogP contribution in [-0.4, -0.2) is 57.4 Å². The fourth-order valence-corrected chi connectivity index (χ4v) is 2.54. The van der Waals surface area contributed by atoms with Crippen molar-refractivity contribution in [1.82, 2.24) is 0 Å². The first kappa shape index (κ1) is 43.7. The Morgan fingerprint density at radius 1 is 0.717 bits per heavy atom. The minimum absolute atomic E-state index is 0.0403. The number of carbonyl (C=O) groups excluding carboxylic acids is 6. The van der Waals surface area contributed by atoms with Gasteiger partial charge in [0, 0.05) is 30.7 Å². The molecule has 0 saturated carbocycles. The second kappa shape index (κ2) is 26.9. The maximum absolute atomic E-state index is 11.3. The summed E-state index contributed by atoms with van der Waals surface area (Å²) >= 11 is 3.55. The van der Waals surface area contributed by atoms with E-state index in [1.54, 1.807) is 27.3 Å². The molecule has 0 amide bonds. The van der Waals surface area contributed by atoms with Crippen molar-refractivity contribution in [2.75, 3.05) is 11.4 Å². The number of non-ortho nitro benzene ring substituents is 2. The van der Waals surface area contributed by atoms with E-state index in [-0.39, 0.29) is 58.3 Å². The van der Waals surface area contributed by atoms with Crippen molar-refractivity contribution < 1.29 is 86.6 Å². The Labute approximate surface area is 286 Å². The molecular weight excluding hydrogens is 831 g/mol. The summed E-state index contributed by atoms with van der Waals surface area (Å²) in [5, 5.41) is 20.7. The van der Waals surface area contributed by atoms with E-state index >= 15 is 0 Å². The van der Waals surface area contributed by atoms with Gasteiger partial charge in [-0.1, -0.05) is 0 Å².